The van der Waals surface area contributed by atoms with Gasteiger partial charge in [-0.1, -0.05) is 82.9 Å². The first kappa shape index (κ1) is 38.4. The molecule has 6 nitrogen and oxygen atoms in total. The number of ether oxygens (including phenoxy) is 1. The summed E-state index contributed by atoms with van der Waals surface area (Å²) in [7, 11) is 0. The van der Waals surface area contributed by atoms with E-state index in [9.17, 15) is 4.79 Å². The van der Waals surface area contributed by atoms with Crippen molar-refractivity contribution in [2.75, 3.05) is 63.9 Å². The van der Waals surface area contributed by atoms with Gasteiger partial charge in [-0.3, -0.25) is 14.7 Å². The quantitative estimate of drug-likeness (QED) is 0.151. The number of nitrogens with one attached hydrogen (secondary N) is 1. The topological polar surface area (TPSA) is 57.2 Å². The molecule has 1 N–H and O–H groups in total. The third-order valence-corrected chi connectivity index (χ3v) is 7.51. The Morgan fingerprint density at radius 2 is 1.52 bits per heavy atom. The van der Waals surface area contributed by atoms with E-state index in [0.717, 1.165) is 87.6 Å². The molecule has 46 heavy (non-hydrogen) atoms. The van der Waals surface area contributed by atoms with Crippen LogP contribution in [0.1, 0.15) is 71.1 Å². The molecule has 2 heterocycles. The van der Waals surface area contributed by atoms with Gasteiger partial charge in [0.05, 0.1) is 13.2 Å². The summed E-state index contributed by atoms with van der Waals surface area (Å²) in [6.45, 7) is 21.7. The first-order valence-corrected chi connectivity index (χ1v) is 17.2. The molecule has 2 aliphatic heterocycles. The second kappa shape index (κ2) is 23.6. The number of nitrogens with zero attached hydrogens (tertiary/aromatic N) is 3. The highest BCUT2D eigenvalue weighted by atomic mass is 16.5. The number of morpholine rings is 1. The SMILES string of the molecule is CC.CC.CC(=N/C(C=O)=C\c1ccc(C#Cc2ccc(N3CCNCC3)cc2)cc1)C1C=CC=CC1.CCCN1CCOCC1. The van der Waals surface area contributed by atoms with E-state index in [2.05, 4.69) is 75.3 Å². The number of allylic oxidation sites excluding steroid dienone is 5. The van der Waals surface area contributed by atoms with Crippen LogP contribution in [0.3, 0.4) is 0 Å². The number of rotatable bonds is 7. The van der Waals surface area contributed by atoms with Gasteiger partial charge in [0.25, 0.3) is 0 Å². The molecule has 248 valence electrons. The number of carbonyl (C=O) groups is 1. The number of piperazine rings is 1. The average molecular weight is 625 g/mol. The van der Waals surface area contributed by atoms with Crippen molar-refractivity contribution in [3.05, 3.63) is 95.2 Å². The van der Waals surface area contributed by atoms with Crippen molar-refractivity contribution in [2.24, 2.45) is 10.9 Å². The van der Waals surface area contributed by atoms with Gasteiger partial charge >= 0.3 is 0 Å². The van der Waals surface area contributed by atoms with Gasteiger partial charge in [-0.15, -0.1) is 0 Å². The number of carbonyl (C=O) groups excluding carboxylic acids is 1. The standard InChI is InChI=1S/C29H29N3O.C7H15NO.2C2H6/c1-23(27-5-3-2-4-6-27)31-28(22-33)21-26-11-9-24(10-12-26)7-8-25-13-15-29(16-14-25)32-19-17-30-18-20-32;1-2-3-8-4-6-9-7-5-8;2*1-2/h2-5,9-16,21-22,27,30H,6,17-20H2,1H3;2-7H2,1H3;2*1-2H3/b28-21-,31-23?;;;. The molecular weight excluding hydrogens is 568 g/mol. The van der Waals surface area contributed by atoms with E-state index < -0.39 is 0 Å². The van der Waals surface area contributed by atoms with Crippen LogP contribution in [0, 0.1) is 17.8 Å². The van der Waals surface area contributed by atoms with E-state index in [1.54, 1.807) is 0 Å². The highest BCUT2D eigenvalue weighted by molar-refractivity contribution is 5.92. The van der Waals surface area contributed by atoms with Gasteiger partial charge in [-0.05, 0) is 74.3 Å². The fourth-order valence-corrected chi connectivity index (χ4v) is 5.07. The van der Waals surface area contributed by atoms with Crippen molar-refractivity contribution in [3.8, 4) is 11.8 Å². The Hall–Kier alpha value is -3.76. The fourth-order valence-electron chi connectivity index (χ4n) is 5.07. The lowest BCUT2D eigenvalue weighted by Crippen LogP contribution is -2.43. The largest absolute Gasteiger partial charge is 0.379 e. The predicted octanol–water partition coefficient (Wildman–Crippen LogP) is 7.41. The third-order valence-electron chi connectivity index (χ3n) is 7.51. The second-order valence-corrected chi connectivity index (χ2v) is 10.7. The van der Waals surface area contributed by atoms with Gasteiger partial charge in [-0.2, -0.15) is 0 Å². The molecule has 0 bridgehead atoms. The van der Waals surface area contributed by atoms with Crippen LogP contribution in [0.25, 0.3) is 6.08 Å². The molecule has 5 rings (SSSR count). The third kappa shape index (κ3) is 14.1. The van der Waals surface area contributed by atoms with Crippen molar-refractivity contribution < 1.29 is 9.53 Å². The monoisotopic (exact) mass is 624 g/mol. The Kier molecular flexibility index (Phi) is 19.7. The Morgan fingerprint density at radius 1 is 0.913 bits per heavy atom. The lowest BCUT2D eigenvalue weighted by atomic mass is 9.96. The van der Waals surface area contributed by atoms with Crippen LogP contribution in [0.2, 0.25) is 0 Å². The Labute approximate surface area is 279 Å². The smallest absolute Gasteiger partial charge is 0.168 e. The lowest BCUT2D eigenvalue weighted by molar-refractivity contribution is -0.104. The maximum absolute atomic E-state index is 11.5. The molecule has 2 saturated heterocycles. The van der Waals surface area contributed by atoms with Crippen LogP contribution in [-0.4, -0.2) is 75.9 Å². The van der Waals surface area contributed by atoms with E-state index in [0.29, 0.717) is 5.70 Å². The van der Waals surface area contributed by atoms with Gasteiger partial charge in [0.15, 0.2) is 6.29 Å². The molecule has 2 fully saturated rings. The van der Waals surface area contributed by atoms with E-state index >= 15 is 0 Å². The van der Waals surface area contributed by atoms with Gasteiger partial charge in [-0.25, -0.2) is 0 Å². The predicted molar refractivity (Wildman–Crippen MR) is 198 cm³/mol. The minimum Gasteiger partial charge on any atom is -0.379 e. The summed E-state index contributed by atoms with van der Waals surface area (Å²) in [6.07, 6.45) is 13.1. The molecular formula is C40H56N4O2. The summed E-state index contributed by atoms with van der Waals surface area (Å²) in [5.74, 6) is 6.71. The number of hydrogen-bond donors (Lipinski definition) is 1. The summed E-state index contributed by atoms with van der Waals surface area (Å²) in [5, 5.41) is 3.38. The van der Waals surface area contributed by atoms with E-state index in [4.69, 9.17) is 4.74 Å². The summed E-state index contributed by atoms with van der Waals surface area (Å²) in [5.41, 5.74) is 5.48. The summed E-state index contributed by atoms with van der Waals surface area (Å²) in [4.78, 5) is 20.9. The highest BCUT2D eigenvalue weighted by Gasteiger charge is 2.11. The van der Waals surface area contributed by atoms with Crippen LogP contribution < -0.4 is 10.2 Å². The summed E-state index contributed by atoms with van der Waals surface area (Å²) < 4.78 is 5.20. The molecule has 0 saturated carbocycles. The minimum atomic E-state index is 0.252. The molecule has 0 amide bonds. The van der Waals surface area contributed by atoms with Crippen molar-refractivity contribution in [1.82, 2.24) is 10.2 Å². The molecule has 2 aromatic carbocycles. The van der Waals surface area contributed by atoms with Crippen molar-refractivity contribution in [1.29, 1.82) is 0 Å². The zero-order valence-corrected chi connectivity index (χ0v) is 29.1. The van der Waals surface area contributed by atoms with E-state index in [1.165, 1.54) is 18.7 Å². The molecule has 3 aliphatic rings. The lowest BCUT2D eigenvalue weighted by Gasteiger charge is -2.29. The minimum absolute atomic E-state index is 0.252. The highest BCUT2D eigenvalue weighted by Crippen LogP contribution is 2.17. The normalized spacial score (nSPS) is 18.0. The number of hydrogen-bond acceptors (Lipinski definition) is 6. The van der Waals surface area contributed by atoms with E-state index in [1.807, 2.05) is 77.1 Å². The first-order chi connectivity index (χ1) is 22.6. The summed E-state index contributed by atoms with van der Waals surface area (Å²) >= 11 is 0. The van der Waals surface area contributed by atoms with Gasteiger partial charge < -0.3 is 15.0 Å². The molecule has 1 atom stereocenters. The number of anilines is 1. The zero-order chi connectivity index (χ0) is 33.4. The summed E-state index contributed by atoms with van der Waals surface area (Å²) in [6, 6.07) is 16.3. The molecule has 6 heteroatoms. The number of aliphatic imine (C=N–C) groups is 1. The van der Waals surface area contributed by atoms with Gasteiger partial charge in [0, 0.05) is 67.7 Å². The van der Waals surface area contributed by atoms with Crippen LogP contribution in [0.15, 0.2) is 83.5 Å². The molecule has 0 radical (unpaired) electrons. The zero-order valence-electron chi connectivity index (χ0n) is 29.1. The first-order valence-electron chi connectivity index (χ1n) is 17.2. The fraction of sp³-hybridized carbons (Fsp3) is 0.450. The Bertz CT molecular complexity index is 1300. The molecule has 1 aliphatic carbocycles. The molecule has 0 spiro atoms. The maximum atomic E-state index is 11.5. The van der Waals surface area contributed by atoms with Crippen LogP contribution in [-0.2, 0) is 9.53 Å². The van der Waals surface area contributed by atoms with Crippen molar-refractivity contribution in [3.63, 3.8) is 0 Å². The van der Waals surface area contributed by atoms with Crippen LogP contribution >= 0.6 is 0 Å². The van der Waals surface area contributed by atoms with Crippen molar-refractivity contribution in [2.45, 2.75) is 54.4 Å². The second-order valence-electron chi connectivity index (χ2n) is 10.7. The maximum Gasteiger partial charge on any atom is 0.168 e. The molecule has 1 unspecified atom stereocenters. The van der Waals surface area contributed by atoms with E-state index in [-0.39, 0.29) is 5.92 Å². The Balaban J connectivity index is 0.000000479. The number of aldehydes is 1. The van der Waals surface area contributed by atoms with Gasteiger partial charge in [0.1, 0.15) is 5.70 Å². The van der Waals surface area contributed by atoms with Gasteiger partial charge in [0.2, 0.25) is 0 Å². The Morgan fingerprint density at radius 3 is 2.07 bits per heavy atom. The molecule has 2 aromatic rings. The number of benzene rings is 2. The molecule has 0 aromatic heterocycles. The van der Waals surface area contributed by atoms with Crippen molar-refractivity contribution >= 4 is 23.8 Å². The average Bonchev–Trinajstić information content (AvgIpc) is 3.14. The van der Waals surface area contributed by atoms with Crippen LogP contribution in [0.5, 0.6) is 0 Å². The van der Waals surface area contributed by atoms with Crippen LogP contribution in [0.4, 0.5) is 5.69 Å².